The lowest BCUT2D eigenvalue weighted by Gasteiger charge is -2.14. The Morgan fingerprint density at radius 2 is 1.50 bits per heavy atom. The number of hydrogen-bond acceptors (Lipinski definition) is 3. The van der Waals surface area contributed by atoms with Gasteiger partial charge < -0.3 is 4.74 Å². The van der Waals surface area contributed by atoms with E-state index in [2.05, 4.69) is 0 Å². The van der Waals surface area contributed by atoms with Crippen LogP contribution in [-0.2, 0) is 10.0 Å². The molecule has 8 heteroatoms. The fraction of sp³-hybridized carbons (Fsp3) is 0.143. The fourth-order valence-electron chi connectivity index (χ4n) is 1.91. The summed E-state index contributed by atoms with van der Waals surface area (Å²) in [7, 11) is -4.02. The molecule has 0 aromatic heterocycles. The molecule has 0 saturated carbocycles. The van der Waals surface area contributed by atoms with Gasteiger partial charge in [-0.1, -0.05) is 36.4 Å². The summed E-state index contributed by atoms with van der Waals surface area (Å²) in [5.41, 5.74) is 0.402. The standard InChI is InChI=1S/C14H12F3NO3S/c15-14(16,17)9-21-12-7-3-1-5-10(12)11-6-2-4-8-13(11)22(18,19)20/h1-8H,9H2,(H2,18,19,20). The molecule has 2 N–H and O–H groups in total. The molecule has 2 aromatic rings. The molecule has 0 heterocycles. The Bertz CT molecular complexity index is 773. The molecule has 2 rings (SSSR count). The lowest BCUT2D eigenvalue weighted by molar-refractivity contribution is -0.153. The van der Waals surface area contributed by atoms with Crippen molar-refractivity contribution in [3.8, 4) is 16.9 Å². The van der Waals surface area contributed by atoms with E-state index in [-0.39, 0.29) is 21.8 Å². The molecule has 2 aromatic carbocycles. The predicted molar refractivity (Wildman–Crippen MR) is 74.8 cm³/mol. The number of primary sulfonamides is 1. The molecule has 0 spiro atoms. The summed E-state index contributed by atoms with van der Waals surface area (Å²) in [6, 6.07) is 11.6. The van der Waals surface area contributed by atoms with Crippen LogP contribution < -0.4 is 9.88 Å². The second kappa shape index (κ2) is 5.98. The summed E-state index contributed by atoms with van der Waals surface area (Å²) in [5.74, 6) is -0.0732. The molecular weight excluding hydrogens is 319 g/mol. The minimum atomic E-state index is -4.49. The van der Waals surface area contributed by atoms with Crippen LogP contribution >= 0.6 is 0 Å². The van der Waals surface area contributed by atoms with Crippen LogP contribution in [0.4, 0.5) is 13.2 Å². The summed E-state index contributed by atoms with van der Waals surface area (Å²) < 4.78 is 64.9. The molecule has 0 saturated heterocycles. The van der Waals surface area contributed by atoms with Gasteiger partial charge in [0.2, 0.25) is 10.0 Å². The van der Waals surface area contributed by atoms with Crippen molar-refractivity contribution >= 4 is 10.0 Å². The van der Waals surface area contributed by atoms with E-state index >= 15 is 0 Å². The molecule has 4 nitrogen and oxygen atoms in total. The summed E-state index contributed by atoms with van der Waals surface area (Å²) in [4.78, 5) is -0.182. The fourth-order valence-corrected chi connectivity index (χ4v) is 2.66. The maximum absolute atomic E-state index is 12.3. The van der Waals surface area contributed by atoms with Gasteiger partial charge in [0.25, 0.3) is 0 Å². The number of halogens is 3. The smallest absolute Gasteiger partial charge is 0.422 e. The Hall–Kier alpha value is -2.06. The lowest BCUT2D eigenvalue weighted by Crippen LogP contribution is -2.19. The first-order valence-corrected chi connectivity index (χ1v) is 7.64. The maximum Gasteiger partial charge on any atom is 0.422 e. The first-order valence-electron chi connectivity index (χ1n) is 6.09. The van der Waals surface area contributed by atoms with Crippen LogP contribution in [0.2, 0.25) is 0 Å². The number of sulfonamides is 1. The van der Waals surface area contributed by atoms with Gasteiger partial charge in [0.1, 0.15) is 5.75 Å². The van der Waals surface area contributed by atoms with Gasteiger partial charge in [0.05, 0.1) is 4.90 Å². The Kier molecular flexibility index (Phi) is 4.43. The van der Waals surface area contributed by atoms with E-state index in [1.165, 1.54) is 36.4 Å². The van der Waals surface area contributed by atoms with Crippen LogP contribution in [0.25, 0.3) is 11.1 Å². The molecule has 0 radical (unpaired) electrons. The normalized spacial score (nSPS) is 12.2. The quantitative estimate of drug-likeness (QED) is 0.936. The summed E-state index contributed by atoms with van der Waals surface area (Å²) >= 11 is 0. The first-order chi connectivity index (χ1) is 10.2. The Morgan fingerprint density at radius 3 is 2.09 bits per heavy atom. The highest BCUT2D eigenvalue weighted by Crippen LogP contribution is 2.34. The van der Waals surface area contributed by atoms with Crippen molar-refractivity contribution in [1.82, 2.24) is 0 Å². The Labute approximate surface area is 125 Å². The van der Waals surface area contributed by atoms with Crippen molar-refractivity contribution in [1.29, 1.82) is 0 Å². The van der Waals surface area contributed by atoms with E-state index in [0.29, 0.717) is 0 Å². The van der Waals surface area contributed by atoms with Crippen LogP contribution in [0.5, 0.6) is 5.75 Å². The SMILES string of the molecule is NS(=O)(=O)c1ccccc1-c1ccccc1OCC(F)(F)F. The largest absolute Gasteiger partial charge is 0.483 e. The monoisotopic (exact) mass is 331 g/mol. The van der Waals surface area contributed by atoms with Crippen LogP contribution in [-0.4, -0.2) is 21.2 Å². The minimum absolute atomic E-state index is 0.0732. The molecule has 118 valence electrons. The number of alkyl halides is 3. The highest BCUT2D eigenvalue weighted by molar-refractivity contribution is 7.89. The zero-order valence-electron chi connectivity index (χ0n) is 11.2. The van der Waals surface area contributed by atoms with E-state index < -0.39 is 22.8 Å². The van der Waals surface area contributed by atoms with Gasteiger partial charge in [-0.2, -0.15) is 13.2 Å². The molecule has 0 fully saturated rings. The van der Waals surface area contributed by atoms with Crippen molar-refractivity contribution in [3.63, 3.8) is 0 Å². The van der Waals surface area contributed by atoms with Crippen LogP contribution in [0.3, 0.4) is 0 Å². The van der Waals surface area contributed by atoms with Gasteiger partial charge in [0.15, 0.2) is 6.61 Å². The van der Waals surface area contributed by atoms with Gasteiger partial charge >= 0.3 is 6.18 Å². The number of ether oxygens (including phenoxy) is 1. The van der Waals surface area contributed by atoms with E-state index in [1.807, 2.05) is 0 Å². The van der Waals surface area contributed by atoms with Gasteiger partial charge in [-0.15, -0.1) is 0 Å². The molecule has 22 heavy (non-hydrogen) atoms. The number of para-hydroxylation sites is 1. The van der Waals surface area contributed by atoms with Crippen molar-refractivity contribution in [2.24, 2.45) is 5.14 Å². The highest BCUT2D eigenvalue weighted by atomic mass is 32.2. The predicted octanol–water partition coefficient (Wildman–Crippen LogP) is 2.94. The molecular formula is C14H12F3NO3S. The van der Waals surface area contributed by atoms with Crippen molar-refractivity contribution in [2.75, 3.05) is 6.61 Å². The number of hydrogen-bond donors (Lipinski definition) is 1. The summed E-state index contributed by atoms with van der Waals surface area (Å²) in [6.07, 6.45) is -4.49. The van der Waals surface area contributed by atoms with Gasteiger partial charge in [-0.3, -0.25) is 0 Å². The summed E-state index contributed by atoms with van der Waals surface area (Å²) in [5, 5.41) is 5.14. The molecule has 0 atom stereocenters. The third kappa shape index (κ3) is 3.99. The van der Waals surface area contributed by atoms with Crippen LogP contribution in [0.15, 0.2) is 53.4 Å². The topological polar surface area (TPSA) is 69.4 Å². The van der Waals surface area contributed by atoms with Gasteiger partial charge in [-0.25, -0.2) is 13.6 Å². The van der Waals surface area contributed by atoms with Crippen molar-refractivity contribution in [3.05, 3.63) is 48.5 Å². The van der Waals surface area contributed by atoms with Crippen molar-refractivity contribution < 1.29 is 26.3 Å². The molecule has 0 amide bonds. The van der Waals surface area contributed by atoms with Crippen LogP contribution in [0, 0.1) is 0 Å². The third-order valence-corrected chi connectivity index (χ3v) is 3.73. The van der Waals surface area contributed by atoms with Gasteiger partial charge in [0, 0.05) is 11.1 Å². The third-order valence-electron chi connectivity index (χ3n) is 2.76. The Morgan fingerprint density at radius 1 is 0.955 bits per heavy atom. The maximum atomic E-state index is 12.3. The number of rotatable bonds is 4. The van der Waals surface area contributed by atoms with Crippen molar-refractivity contribution in [2.45, 2.75) is 11.1 Å². The number of nitrogens with two attached hydrogens (primary N) is 1. The molecule has 0 aliphatic heterocycles. The number of benzene rings is 2. The zero-order valence-corrected chi connectivity index (χ0v) is 12.0. The highest BCUT2D eigenvalue weighted by Gasteiger charge is 2.29. The zero-order chi connectivity index (χ0) is 16.4. The molecule has 0 aliphatic rings. The molecule has 0 bridgehead atoms. The van der Waals surface area contributed by atoms with E-state index in [9.17, 15) is 21.6 Å². The average Bonchev–Trinajstić information content (AvgIpc) is 2.44. The average molecular weight is 331 g/mol. The summed E-state index contributed by atoms with van der Waals surface area (Å²) in [6.45, 7) is -1.47. The van der Waals surface area contributed by atoms with Crippen LogP contribution in [0.1, 0.15) is 0 Å². The minimum Gasteiger partial charge on any atom is -0.483 e. The lowest BCUT2D eigenvalue weighted by atomic mass is 10.0. The molecule has 0 unspecified atom stereocenters. The van der Waals surface area contributed by atoms with E-state index in [1.54, 1.807) is 12.1 Å². The second-order valence-electron chi connectivity index (χ2n) is 4.44. The van der Waals surface area contributed by atoms with E-state index in [4.69, 9.17) is 9.88 Å². The second-order valence-corrected chi connectivity index (χ2v) is 5.97. The Balaban J connectivity index is 2.51. The first kappa shape index (κ1) is 16.3. The van der Waals surface area contributed by atoms with Gasteiger partial charge in [-0.05, 0) is 12.1 Å². The van der Waals surface area contributed by atoms with E-state index in [0.717, 1.165) is 0 Å². The molecule has 0 aliphatic carbocycles.